The lowest BCUT2D eigenvalue weighted by Gasteiger charge is -2.59. The van der Waals surface area contributed by atoms with E-state index in [-0.39, 0.29) is 23.0 Å². The highest BCUT2D eigenvalue weighted by Gasteiger charge is 2.68. The molecule has 0 aliphatic carbocycles. The third-order valence-electron chi connectivity index (χ3n) is 7.75. The van der Waals surface area contributed by atoms with Crippen molar-refractivity contribution in [1.29, 1.82) is 0 Å². The van der Waals surface area contributed by atoms with Crippen molar-refractivity contribution >= 4 is 32.2 Å². The van der Waals surface area contributed by atoms with E-state index in [4.69, 9.17) is 4.42 Å². The standard InChI is InChI=1S/C33H35NO3SSi/c1-24(2)22-34-30(36)33(39(3)4,29(35)25-20-21-37-23-25)31(34)38-32(26-14-8-5-9-15-26,27-16-10-6-11-17-27)28-18-12-7-13-19-28/h5-21,23-24,31,39H,22H2,1-4H3. The number of furan rings is 1. The number of nitrogens with zero attached hydrogens (tertiary/aromatic N) is 1. The van der Waals surface area contributed by atoms with Crippen LogP contribution in [0, 0.1) is 5.92 Å². The Morgan fingerprint density at radius 3 is 1.77 bits per heavy atom. The van der Waals surface area contributed by atoms with Crippen LogP contribution in [0.25, 0.3) is 0 Å². The van der Waals surface area contributed by atoms with Crippen LogP contribution < -0.4 is 0 Å². The summed E-state index contributed by atoms with van der Waals surface area (Å²) in [4.78, 5) is 30.5. The van der Waals surface area contributed by atoms with E-state index in [2.05, 4.69) is 99.7 Å². The van der Waals surface area contributed by atoms with Crippen molar-refractivity contribution in [1.82, 2.24) is 4.90 Å². The van der Waals surface area contributed by atoms with Crippen molar-refractivity contribution in [2.24, 2.45) is 5.92 Å². The molecule has 0 N–H and O–H groups in total. The molecule has 1 fully saturated rings. The van der Waals surface area contributed by atoms with Crippen LogP contribution >= 0.6 is 11.8 Å². The van der Waals surface area contributed by atoms with Gasteiger partial charge in [-0.05, 0) is 28.7 Å². The number of thioether (sulfide) groups is 1. The Morgan fingerprint density at radius 2 is 1.38 bits per heavy atom. The summed E-state index contributed by atoms with van der Waals surface area (Å²) in [6.07, 6.45) is 3.00. The third-order valence-corrected chi connectivity index (χ3v) is 12.5. The van der Waals surface area contributed by atoms with Crippen LogP contribution in [0.1, 0.15) is 40.9 Å². The molecule has 3 aromatic carbocycles. The molecule has 1 amide bonds. The topological polar surface area (TPSA) is 50.5 Å². The Balaban J connectivity index is 1.77. The van der Waals surface area contributed by atoms with Crippen molar-refractivity contribution in [2.75, 3.05) is 6.54 Å². The van der Waals surface area contributed by atoms with E-state index in [9.17, 15) is 9.59 Å². The second-order valence-corrected chi connectivity index (χ2v) is 15.5. The summed E-state index contributed by atoms with van der Waals surface area (Å²) in [5.74, 6) is 0.126. The van der Waals surface area contributed by atoms with Gasteiger partial charge in [-0.25, -0.2) is 0 Å². The first kappa shape index (κ1) is 27.2. The molecule has 200 valence electrons. The molecular formula is C33H35NO3SSi. The van der Waals surface area contributed by atoms with Gasteiger partial charge in [0.15, 0.2) is 5.78 Å². The lowest BCUT2D eigenvalue weighted by atomic mass is 9.84. The zero-order chi connectivity index (χ0) is 27.6. The van der Waals surface area contributed by atoms with E-state index in [1.165, 1.54) is 12.5 Å². The molecule has 1 aliphatic heterocycles. The Bertz CT molecular complexity index is 1310. The average Bonchev–Trinajstić information content (AvgIpc) is 3.50. The lowest BCUT2D eigenvalue weighted by molar-refractivity contribution is -0.146. The van der Waals surface area contributed by atoms with Crippen molar-refractivity contribution in [3.63, 3.8) is 0 Å². The number of likely N-dealkylation sites (tertiary alicyclic amines) is 1. The van der Waals surface area contributed by atoms with E-state index in [1.54, 1.807) is 17.8 Å². The van der Waals surface area contributed by atoms with Gasteiger partial charge in [-0.1, -0.05) is 118 Å². The molecule has 4 aromatic rings. The van der Waals surface area contributed by atoms with Gasteiger partial charge in [0.05, 0.1) is 30.7 Å². The molecule has 0 bridgehead atoms. The second kappa shape index (κ2) is 11.0. The van der Waals surface area contributed by atoms with Gasteiger partial charge in [-0.2, -0.15) is 0 Å². The summed E-state index contributed by atoms with van der Waals surface area (Å²) in [5.41, 5.74) is 3.83. The van der Waals surface area contributed by atoms with Gasteiger partial charge in [0.1, 0.15) is 11.3 Å². The first-order chi connectivity index (χ1) is 18.8. The fourth-order valence-electron chi connectivity index (χ4n) is 5.88. The maximum Gasteiger partial charge on any atom is 0.237 e. The Morgan fingerprint density at radius 1 is 0.897 bits per heavy atom. The minimum atomic E-state index is -1.89. The number of hydrogen-bond donors (Lipinski definition) is 0. The van der Waals surface area contributed by atoms with Crippen LogP contribution in [0.4, 0.5) is 0 Å². The number of carbonyl (C=O) groups is 2. The van der Waals surface area contributed by atoms with Crippen molar-refractivity contribution in [3.05, 3.63) is 132 Å². The van der Waals surface area contributed by atoms with E-state index >= 15 is 0 Å². The second-order valence-electron chi connectivity index (χ2n) is 11.0. The number of rotatable bonds is 10. The maximum absolute atomic E-state index is 14.3. The van der Waals surface area contributed by atoms with Crippen molar-refractivity contribution < 1.29 is 14.0 Å². The molecule has 2 unspecified atom stereocenters. The smallest absolute Gasteiger partial charge is 0.237 e. The zero-order valence-corrected chi connectivity index (χ0v) is 24.9. The number of amides is 1. The molecule has 0 radical (unpaired) electrons. The van der Waals surface area contributed by atoms with Gasteiger partial charge in [0.2, 0.25) is 5.91 Å². The normalized spacial score (nSPS) is 19.4. The summed E-state index contributed by atoms with van der Waals surface area (Å²) in [7, 11) is -1.89. The highest BCUT2D eigenvalue weighted by atomic mass is 32.2. The van der Waals surface area contributed by atoms with E-state index in [0.29, 0.717) is 12.1 Å². The molecule has 1 aromatic heterocycles. The number of Topliss-reactive ketones (excluding diaryl/α,β-unsaturated/α-hetero) is 1. The predicted molar refractivity (Wildman–Crippen MR) is 162 cm³/mol. The van der Waals surface area contributed by atoms with Crippen molar-refractivity contribution in [2.45, 2.75) is 42.1 Å². The van der Waals surface area contributed by atoms with Gasteiger partial charge in [0.25, 0.3) is 0 Å². The van der Waals surface area contributed by atoms with E-state index < -0.39 is 18.6 Å². The first-order valence-corrected chi connectivity index (χ1v) is 17.3. The van der Waals surface area contributed by atoms with E-state index in [0.717, 1.165) is 16.7 Å². The lowest BCUT2D eigenvalue weighted by Crippen LogP contribution is -2.71. The number of ketones is 1. The third kappa shape index (κ3) is 4.49. The zero-order valence-electron chi connectivity index (χ0n) is 22.9. The van der Waals surface area contributed by atoms with Crippen LogP contribution in [-0.2, 0) is 9.54 Å². The van der Waals surface area contributed by atoms with Crippen LogP contribution in [0.2, 0.25) is 18.1 Å². The molecule has 6 heteroatoms. The molecule has 4 nitrogen and oxygen atoms in total. The predicted octanol–water partition coefficient (Wildman–Crippen LogP) is 7.24. The highest BCUT2D eigenvalue weighted by Crippen LogP contribution is 2.62. The number of carbonyl (C=O) groups excluding carboxylic acids is 2. The van der Waals surface area contributed by atoms with Gasteiger partial charge in [-0.15, -0.1) is 11.8 Å². The Labute approximate surface area is 237 Å². The minimum Gasteiger partial charge on any atom is -0.472 e. The fraction of sp³-hybridized carbons (Fsp3) is 0.273. The quantitative estimate of drug-likeness (QED) is 0.0683. The molecule has 1 saturated heterocycles. The largest absolute Gasteiger partial charge is 0.472 e. The average molecular weight is 554 g/mol. The molecule has 2 heterocycles. The SMILES string of the molecule is CC(C)CN1C(=O)C(C(=O)c2ccoc2)([SiH](C)C)C1SC(c1ccccc1)(c1ccccc1)c1ccccc1. The molecule has 0 spiro atoms. The Hall–Kier alpha value is -3.35. The summed E-state index contributed by atoms with van der Waals surface area (Å²) < 4.78 is 4.67. The summed E-state index contributed by atoms with van der Waals surface area (Å²) in [6.45, 7) is 9.11. The van der Waals surface area contributed by atoms with Gasteiger partial charge >= 0.3 is 0 Å². The molecule has 2 atom stereocenters. The first-order valence-electron chi connectivity index (χ1n) is 13.6. The number of hydrogen-bond acceptors (Lipinski definition) is 4. The van der Waals surface area contributed by atoms with Crippen molar-refractivity contribution in [3.8, 4) is 0 Å². The Kier molecular flexibility index (Phi) is 7.70. The summed E-state index contributed by atoms with van der Waals surface area (Å²) in [5, 5.41) is -1.41. The minimum absolute atomic E-state index is 0.0374. The van der Waals surface area contributed by atoms with Crippen LogP contribution in [0.5, 0.6) is 0 Å². The highest BCUT2D eigenvalue weighted by molar-refractivity contribution is 8.01. The maximum atomic E-state index is 14.3. The van der Waals surface area contributed by atoms with Gasteiger partial charge < -0.3 is 9.32 Å². The van der Waals surface area contributed by atoms with Gasteiger partial charge in [-0.3, -0.25) is 9.59 Å². The molecule has 0 saturated carbocycles. The van der Waals surface area contributed by atoms with E-state index in [1.807, 2.05) is 23.1 Å². The fourth-order valence-corrected chi connectivity index (χ4v) is 10.9. The molecule has 1 aliphatic rings. The van der Waals surface area contributed by atoms with Gasteiger partial charge in [0, 0.05) is 6.54 Å². The monoisotopic (exact) mass is 553 g/mol. The van der Waals surface area contributed by atoms with Crippen LogP contribution in [0.3, 0.4) is 0 Å². The van der Waals surface area contributed by atoms with Crippen LogP contribution in [0.15, 0.2) is 114 Å². The number of benzene rings is 3. The molecule has 39 heavy (non-hydrogen) atoms. The molecule has 5 rings (SSSR count). The summed E-state index contributed by atoms with van der Waals surface area (Å²) >= 11 is 1.74. The molecular weight excluding hydrogens is 519 g/mol. The summed E-state index contributed by atoms with van der Waals surface area (Å²) in [6, 6.07) is 33.1. The number of β-lactam (4-membered cyclic amide) rings is 1. The van der Waals surface area contributed by atoms with Crippen LogP contribution in [-0.4, -0.2) is 37.3 Å².